The Hall–Kier alpha value is -3.15. The zero-order valence-corrected chi connectivity index (χ0v) is 13.9. The summed E-state index contributed by atoms with van der Waals surface area (Å²) in [6.07, 6.45) is 0. The largest absolute Gasteiger partial charge is 0.507 e. The highest BCUT2D eigenvalue weighted by molar-refractivity contribution is 5.84. The van der Waals surface area contributed by atoms with Crippen molar-refractivity contribution in [2.75, 3.05) is 20.3 Å². The molecule has 4 rings (SSSR count). The molecule has 0 atom stereocenters. The summed E-state index contributed by atoms with van der Waals surface area (Å²) in [6, 6.07) is 10.8. The first kappa shape index (κ1) is 15.4. The molecule has 25 heavy (non-hydrogen) atoms. The number of methoxy groups -OCH3 is 1. The number of nitrogens with zero attached hydrogens (tertiary/aromatic N) is 1. The van der Waals surface area contributed by atoms with Gasteiger partial charge in [-0.25, -0.2) is 0 Å². The van der Waals surface area contributed by atoms with Crippen LogP contribution in [0.2, 0.25) is 0 Å². The van der Waals surface area contributed by atoms with Crippen molar-refractivity contribution in [3.63, 3.8) is 0 Å². The quantitative estimate of drug-likeness (QED) is 0.782. The topological polar surface area (TPSA) is 74.0 Å². The average molecular weight is 339 g/mol. The second-order valence-electron chi connectivity index (χ2n) is 5.71. The van der Waals surface area contributed by atoms with Gasteiger partial charge >= 0.3 is 0 Å². The molecule has 0 radical (unpaired) electrons. The highest BCUT2D eigenvalue weighted by atomic mass is 16.6. The van der Waals surface area contributed by atoms with Gasteiger partial charge in [-0.05, 0) is 36.8 Å². The summed E-state index contributed by atoms with van der Waals surface area (Å²) in [5.74, 6) is 2.54. The molecule has 1 aromatic heterocycles. The second-order valence-corrected chi connectivity index (χ2v) is 5.71. The van der Waals surface area contributed by atoms with Gasteiger partial charge in [0.25, 0.3) is 0 Å². The third-order valence-electron chi connectivity index (χ3n) is 4.14. The summed E-state index contributed by atoms with van der Waals surface area (Å²) in [4.78, 5) is 0. The number of benzene rings is 2. The van der Waals surface area contributed by atoms with Gasteiger partial charge in [0.1, 0.15) is 24.7 Å². The molecule has 0 unspecified atom stereocenters. The van der Waals surface area contributed by atoms with E-state index in [9.17, 15) is 5.11 Å². The first-order valence-electron chi connectivity index (χ1n) is 7.91. The lowest BCUT2D eigenvalue weighted by atomic mass is 9.99. The molecule has 0 spiro atoms. The van der Waals surface area contributed by atoms with Gasteiger partial charge in [-0.3, -0.25) is 0 Å². The van der Waals surface area contributed by atoms with Crippen LogP contribution in [0.1, 0.15) is 5.69 Å². The fourth-order valence-corrected chi connectivity index (χ4v) is 2.92. The predicted molar refractivity (Wildman–Crippen MR) is 91.3 cm³/mol. The molecule has 0 amide bonds. The lowest BCUT2D eigenvalue weighted by Crippen LogP contribution is -2.15. The van der Waals surface area contributed by atoms with Crippen LogP contribution >= 0.6 is 0 Å². The number of hydrogen-bond acceptors (Lipinski definition) is 6. The van der Waals surface area contributed by atoms with Gasteiger partial charge in [-0.2, -0.15) is 0 Å². The fraction of sp³-hybridized carbons (Fsp3) is 0.211. The number of aromatic nitrogens is 1. The molecular formula is C19H17NO5. The van der Waals surface area contributed by atoms with Gasteiger partial charge in [0, 0.05) is 6.07 Å². The van der Waals surface area contributed by atoms with Crippen LogP contribution in [0.4, 0.5) is 0 Å². The van der Waals surface area contributed by atoms with Gasteiger partial charge in [-0.15, -0.1) is 0 Å². The standard InChI is InChI=1S/C19H17NO5/c1-11-18(12-3-6-16-17(9-12)24-8-7-23-16)19(25-20-11)14-5-4-13(22-2)10-15(14)21/h3-6,9-10,21H,7-8H2,1-2H3. The Labute approximate surface area is 144 Å². The van der Waals surface area contributed by atoms with E-state index in [0.717, 1.165) is 22.6 Å². The number of hydrogen-bond donors (Lipinski definition) is 1. The van der Waals surface area contributed by atoms with E-state index in [1.807, 2.05) is 25.1 Å². The molecule has 6 nitrogen and oxygen atoms in total. The number of phenols is 1. The molecule has 0 saturated carbocycles. The molecule has 0 saturated heterocycles. The minimum atomic E-state index is 0.0642. The molecule has 1 N–H and O–H groups in total. The Balaban J connectivity index is 1.83. The Kier molecular flexibility index (Phi) is 3.72. The van der Waals surface area contributed by atoms with Crippen molar-refractivity contribution >= 4 is 0 Å². The average Bonchev–Trinajstić information content (AvgIpc) is 3.02. The van der Waals surface area contributed by atoms with Gasteiger partial charge in [0.15, 0.2) is 17.3 Å². The van der Waals surface area contributed by atoms with E-state index < -0.39 is 0 Å². The third kappa shape index (κ3) is 2.65. The number of rotatable bonds is 3. The number of fused-ring (bicyclic) bond motifs is 1. The van der Waals surface area contributed by atoms with Crippen molar-refractivity contribution in [3.8, 4) is 45.4 Å². The van der Waals surface area contributed by atoms with Crippen molar-refractivity contribution in [2.45, 2.75) is 6.92 Å². The maximum atomic E-state index is 10.3. The van der Waals surface area contributed by atoms with Crippen molar-refractivity contribution in [1.29, 1.82) is 0 Å². The maximum absolute atomic E-state index is 10.3. The fourth-order valence-electron chi connectivity index (χ4n) is 2.92. The van der Waals surface area contributed by atoms with Crippen LogP contribution in [-0.4, -0.2) is 30.6 Å². The van der Waals surface area contributed by atoms with Crippen LogP contribution in [-0.2, 0) is 0 Å². The van der Waals surface area contributed by atoms with Crippen molar-refractivity contribution in [3.05, 3.63) is 42.1 Å². The summed E-state index contributed by atoms with van der Waals surface area (Å²) in [7, 11) is 1.55. The minimum absolute atomic E-state index is 0.0642. The molecule has 1 aliphatic heterocycles. The van der Waals surface area contributed by atoms with Crippen LogP contribution in [0.3, 0.4) is 0 Å². The molecular weight excluding hydrogens is 322 g/mol. The van der Waals surface area contributed by atoms with E-state index in [1.165, 1.54) is 0 Å². The van der Waals surface area contributed by atoms with Crippen LogP contribution in [0.15, 0.2) is 40.9 Å². The summed E-state index contributed by atoms with van der Waals surface area (Å²) in [5, 5.41) is 14.4. The predicted octanol–water partition coefficient (Wildman–Crippen LogP) is 3.80. The lowest BCUT2D eigenvalue weighted by molar-refractivity contribution is 0.171. The number of phenolic OH excluding ortho intramolecular Hbond substituents is 1. The normalized spacial score (nSPS) is 12.9. The molecule has 1 aliphatic rings. The Morgan fingerprint density at radius 3 is 2.60 bits per heavy atom. The van der Waals surface area contributed by atoms with E-state index >= 15 is 0 Å². The van der Waals surface area contributed by atoms with Crippen molar-refractivity contribution in [1.82, 2.24) is 5.16 Å². The smallest absolute Gasteiger partial charge is 0.178 e. The Bertz CT molecular complexity index is 932. The number of aryl methyl sites for hydroxylation is 1. The van der Waals surface area contributed by atoms with E-state index in [2.05, 4.69) is 5.16 Å². The molecule has 128 valence electrons. The van der Waals surface area contributed by atoms with E-state index in [-0.39, 0.29) is 5.75 Å². The molecule has 3 aromatic rings. The minimum Gasteiger partial charge on any atom is -0.507 e. The van der Waals surface area contributed by atoms with E-state index in [0.29, 0.717) is 36.0 Å². The van der Waals surface area contributed by atoms with Gasteiger partial charge in [0.05, 0.1) is 23.9 Å². The van der Waals surface area contributed by atoms with Gasteiger partial charge in [0.2, 0.25) is 0 Å². The van der Waals surface area contributed by atoms with Crippen LogP contribution in [0.5, 0.6) is 23.0 Å². The van der Waals surface area contributed by atoms with Gasteiger partial charge < -0.3 is 23.8 Å². The number of aromatic hydroxyl groups is 1. The molecule has 2 heterocycles. The first-order chi connectivity index (χ1) is 12.2. The molecule has 2 aromatic carbocycles. The maximum Gasteiger partial charge on any atom is 0.178 e. The lowest BCUT2D eigenvalue weighted by Gasteiger charge is -2.19. The van der Waals surface area contributed by atoms with Crippen LogP contribution < -0.4 is 14.2 Å². The number of ether oxygens (including phenoxy) is 3. The van der Waals surface area contributed by atoms with Crippen molar-refractivity contribution < 1.29 is 23.8 Å². The first-order valence-corrected chi connectivity index (χ1v) is 7.91. The molecule has 6 heteroatoms. The van der Waals surface area contributed by atoms with E-state index in [4.69, 9.17) is 18.7 Å². The summed E-state index contributed by atoms with van der Waals surface area (Å²) in [5.41, 5.74) is 2.96. The Morgan fingerprint density at radius 2 is 1.84 bits per heavy atom. The van der Waals surface area contributed by atoms with Crippen molar-refractivity contribution in [2.24, 2.45) is 0 Å². The zero-order chi connectivity index (χ0) is 17.4. The molecule has 0 aliphatic carbocycles. The summed E-state index contributed by atoms with van der Waals surface area (Å²) >= 11 is 0. The highest BCUT2D eigenvalue weighted by Crippen LogP contribution is 2.42. The van der Waals surface area contributed by atoms with E-state index in [1.54, 1.807) is 25.3 Å². The zero-order valence-electron chi connectivity index (χ0n) is 13.9. The molecule has 0 fully saturated rings. The third-order valence-corrected chi connectivity index (χ3v) is 4.14. The summed E-state index contributed by atoms with van der Waals surface area (Å²) in [6.45, 7) is 2.93. The SMILES string of the molecule is COc1ccc(-c2onc(C)c2-c2ccc3c(c2)OCCO3)c(O)c1. The second kappa shape index (κ2) is 6.05. The molecule has 0 bridgehead atoms. The van der Waals surface area contributed by atoms with Gasteiger partial charge in [-0.1, -0.05) is 11.2 Å². The van der Waals surface area contributed by atoms with Crippen LogP contribution in [0.25, 0.3) is 22.5 Å². The summed E-state index contributed by atoms with van der Waals surface area (Å²) < 4.78 is 21.9. The highest BCUT2D eigenvalue weighted by Gasteiger charge is 2.22. The monoisotopic (exact) mass is 339 g/mol. The van der Waals surface area contributed by atoms with Crippen LogP contribution in [0, 0.1) is 6.92 Å². The Morgan fingerprint density at radius 1 is 1.04 bits per heavy atom.